The van der Waals surface area contributed by atoms with Gasteiger partial charge in [0, 0.05) is 23.0 Å². The van der Waals surface area contributed by atoms with Crippen molar-refractivity contribution in [3.05, 3.63) is 150 Å². The zero-order chi connectivity index (χ0) is 36.0. The van der Waals surface area contributed by atoms with Crippen LogP contribution < -0.4 is 31.4 Å². The highest BCUT2D eigenvalue weighted by molar-refractivity contribution is 7.80. The number of anilines is 3. The van der Waals surface area contributed by atoms with Crippen LogP contribution in [0.25, 0.3) is 10.6 Å². The average molecular weight is 721 g/mol. The maximum atomic E-state index is 11.3. The normalized spacial score (nSPS) is 10.2. The van der Waals surface area contributed by atoms with E-state index in [0.29, 0.717) is 46.2 Å². The lowest BCUT2D eigenvalue weighted by Crippen LogP contribution is -2.34. The maximum absolute atomic E-state index is 11.3. The molecule has 0 fully saturated rings. The number of carbonyl (C=O) groups is 2. The Morgan fingerprint density at radius 3 is 1.75 bits per heavy atom. The van der Waals surface area contributed by atoms with Gasteiger partial charge >= 0.3 is 11.9 Å². The Kier molecular flexibility index (Phi) is 12.6. The highest BCUT2D eigenvalue weighted by Crippen LogP contribution is 2.34. The molecule has 6 rings (SSSR count). The number of rotatable bonds is 12. The molecule has 0 aliphatic carbocycles. The van der Waals surface area contributed by atoms with E-state index in [4.69, 9.17) is 32.6 Å². The summed E-state index contributed by atoms with van der Waals surface area (Å²) in [5.41, 5.74) is 6.74. The summed E-state index contributed by atoms with van der Waals surface area (Å²) < 4.78 is 12.2. The van der Waals surface area contributed by atoms with E-state index in [9.17, 15) is 14.7 Å². The number of benzene rings is 5. The Bertz CT molecular complexity index is 2030. The second-order valence-corrected chi connectivity index (χ2v) is 12.0. The van der Waals surface area contributed by atoms with Crippen molar-refractivity contribution in [3.63, 3.8) is 0 Å². The summed E-state index contributed by atoms with van der Waals surface area (Å²) in [4.78, 5) is 21.9. The fourth-order valence-corrected chi connectivity index (χ4v) is 5.35. The first kappa shape index (κ1) is 35.9. The Balaban J connectivity index is 0.000000303. The quantitative estimate of drug-likeness (QED) is 0.0420. The molecule has 7 N–H and O–H groups in total. The number of carboxylic acid groups (broad SMARTS) is 2. The van der Waals surface area contributed by atoms with E-state index in [1.54, 1.807) is 30.3 Å². The molecular weight excluding hydrogens is 689 g/mol. The number of ether oxygens (including phenoxy) is 2. The largest absolute Gasteiger partial charge is 0.489 e. The van der Waals surface area contributed by atoms with Gasteiger partial charge in [-0.2, -0.15) is 0 Å². The van der Waals surface area contributed by atoms with E-state index in [-0.39, 0.29) is 16.2 Å². The zero-order valence-corrected chi connectivity index (χ0v) is 28.5. The monoisotopic (exact) mass is 720 g/mol. The number of thiocarbonyl (C=S) groups is 1. The molecule has 12 nitrogen and oxygen atoms in total. The number of aromatic nitrogens is 2. The first-order valence-electron chi connectivity index (χ1n) is 15.3. The SMILES string of the molecule is NNC(=S)Nc1cccc(C(=O)O)c1.O=C(O)c1cccc(Nc2nnc(-c3cc(OCc4ccccc4)cc(OCc4ccccc4)c3)s2)c1. The van der Waals surface area contributed by atoms with E-state index in [1.807, 2.05) is 78.9 Å². The molecule has 0 unspecified atom stereocenters. The van der Waals surface area contributed by atoms with Crippen LogP contribution in [0.1, 0.15) is 31.8 Å². The Morgan fingerprint density at radius 2 is 1.22 bits per heavy atom. The summed E-state index contributed by atoms with van der Waals surface area (Å²) in [5, 5.41) is 33.8. The van der Waals surface area contributed by atoms with Gasteiger partial charge in [0.05, 0.1) is 11.1 Å². The van der Waals surface area contributed by atoms with Crippen molar-refractivity contribution in [2.45, 2.75) is 13.2 Å². The topological polar surface area (TPSA) is 181 Å². The van der Waals surface area contributed by atoms with Crippen molar-refractivity contribution < 1.29 is 29.3 Å². The summed E-state index contributed by atoms with van der Waals surface area (Å²) in [6.07, 6.45) is 0. The number of nitrogens with two attached hydrogens (primary N) is 1. The van der Waals surface area contributed by atoms with Crippen molar-refractivity contribution in [1.82, 2.24) is 15.6 Å². The van der Waals surface area contributed by atoms with E-state index < -0.39 is 11.9 Å². The van der Waals surface area contributed by atoms with Gasteiger partial charge in [0.2, 0.25) is 5.13 Å². The lowest BCUT2D eigenvalue weighted by Gasteiger charge is -2.12. The molecule has 14 heteroatoms. The summed E-state index contributed by atoms with van der Waals surface area (Å²) in [6.45, 7) is 0.844. The molecule has 6 aromatic rings. The third-order valence-corrected chi connectivity index (χ3v) is 8.02. The van der Waals surface area contributed by atoms with Crippen LogP contribution in [0.15, 0.2) is 127 Å². The zero-order valence-electron chi connectivity index (χ0n) is 26.9. The van der Waals surface area contributed by atoms with Crippen LogP contribution in [0.5, 0.6) is 11.5 Å². The summed E-state index contributed by atoms with van der Waals surface area (Å²) in [5.74, 6) is 4.38. The number of nitrogens with one attached hydrogen (secondary N) is 3. The van der Waals surface area contributed by atoms with Gasteiger partial charge in [-0.15, -0.1) is 10.2 Å². The molecule has 0 bridgehead atoms. The molecule has 0 radical (unpaired) electrons. The van der Waals surface area contributed by atoms with Crippen molar-refractivity contribution in [2.24, 2.45) is 5.84 Å². The molecule has 0 aliphatic rings. The number of nitrogens with zero attached hydrogens (tertiary/aromatic N) is 2. The molecular formula is C37H32N6O6S2. The molecule has 51 heavy (non-hydrogen) atoms. The van der Waals surface area contributed by atoms with Crippen LogP contribution in [0.3, 0.4) is 0 Å². The van der Waals surface area contributed by atoms with Gasteiger partial charge in [-0.3, -0.25) is 0 Å². The number of hydrogen-bond donors (Lipinski definition) is 6. The smallest absolute Gasteiger partial charge is 0.335 e. The van der Waals surface area contributed by atoms with Gasteiger partial charge < -0.3 is 35.7 Å². The van der Waals surface area contributed by atoms with E-state index in [0.717, 1.165) is 16.7 Å². The molecule has 0 amide bonds. The third kappa shape index (κ3) is 11.1. The number of hydrogen-bond acceptors (Lipinski definition) is 10. The molecule has 0 saturated carbocycles. The predicted octanol–water partition coefficient (Wildman–Crippen LogP) is 7.35. The van der Waals surface area contributed by atoms with Crippen LogP contribution in [0.4, 0.5) is 16.5 Å². The minimum atomic E-state index is -0.989. The maximum Gasteiger partial charge on any atom is 0.335 e. The van der Waals surface area contributed by atoms with E-state index >= 15 is 0 Å². The predicted molar refractivity (Wildman–Crippen MR) is 201 cm³/mol. The lowest BCUT2D eigenvalue weighted by atomic mass is 10.2. The van der Waals surface area contributed by atoms with Crippen molar-refractivity contribution in [3.8, 4) is 22.1 Å². The average Bonchev–Trinajstić information content (AvgIpc) is 3.63. The first-order valence-corrected chi connectivity index (χ1v) is 16.5. The third-order valence-electron chi connectivity index (χ3n) is 6.91. The molecule has 0 aliphatic heterocycles. The minimum Gasteiger partial charge on any atom is -0.489 e. The van der Waals surface area contributed by atoms with Gasteiger partial charge in [-0.1, -0.05) is 84.1 Å². The van der Waals surface area contributed by atoms with Gasteiger partial charge in [-0.25, -0.2) is 15.4 Å². The standard InChI is InChI=1S/C29H23N3O4S.C8H9N3O2S/c33-28(34)22-12-7-13-24(14-22)30-29-32-31-27(37-29)23-15-25(35-18-20-8-3-1-4-9-20)17-26(16-23)36-19-21-10-5-2-6-11-21;9-11-8(14)10-6-3-1-2-5(4-6)7(12)13/h1-17H,18-19H2,(H,30,32)(H,33,34);1-4H,9H2,(H,12,13)(H2,10,11,14). The molecule has 0 atom stereocenters. The van der Waals surface area contributed by atoms with Gasteiger partial charge in [0.25, 0.3) is 0 Å². The Labute approximate surface area is 302 Å². The second kappa shape index (κ2) is 17.9. The van der Waals surface area contributed by atoms with Crippen molar-refractivity contribution in [2.75, 3.05) is 10.6 Å². The minimum absolute atomic E-state index is 0.190. The van der Waals surface area contributed by atoms with Gasteiger partial charge in [0.15, 0.2) is 5.11 Å². The molecule has 1 heterocycles. The summed E-state index contributed by atoms with van der Waals surface area (Å²) >= 11 is 6.10. The molecule has 258 valence electrons. The molecule has 1 aromatic heterocycles. The van der Waals surface area contributed by atoms with Gasteiger partial charge in [0.1, 0.15) is 29.7 Å². The molecule has 0 spiro atoms. The Morgan fingerprint density at radius 1 is 0.686 bits per heavy atom. The van der Waals surface area contributed by atoms with Crippen LogP contribution in [-0.2, 0) is 13.2 Å². The summed E-state index contributed by atoms with van der Waals surface area (Å²) in [6, 6.07) is 38.4. The summed E-state index contributed by atoms with van der Waals surface area (Å²) in [7, 11) is 0. The van der Waals surface area contributed by atoms with Crippen LogP contribution >= 0.6 is 23.6 Å². The number of aromatic carboxylic acids is 2. The highest BCUT2D eigenvalue weighted by Gasteiger charge is 2.13. The van der Waals surface area contributed by atoms with E-state index in [2.05, 4.69) is 26.3 Å². The molecule has 0 saturated heterocycles. The number of hydrazine groups is 1. The first-order chi connectivity index (χ1) is 24.7. The van der Waals surface area contributed by atoms with Crippen LogP contribution in [-0.4, -0.2) is 37.5 Å². The fourth-order valence-electron chi connectivity index (χ4n) is 4.48. The second-order valence-electron chi connectivity index (χ2n) is 10.6. The van der Waals surface area contributed by atoms with Crippen LogP contribution in [0, 0.1) is 0 Å². The van der Waals surface area contributed by atoms with Crippen molar-refractivity contribution >= 4 is 57.1 Å². The lowest BCUT2D eigenvalue weighted by molar-refractivity contribution is 0.0686. The van der Waals surface area contributed by atoms with Gasteiger partial charge in [-0.05, 0) is 71.9 Å². The molecule has 5 aromatic carbocycles. The van der Waals surface area contributed by atoms with E-state index in [1.165, 1.54) is 29.5 Å². The number of carboxylic acids is 2. The fraction of sp³-hybridized carbons (Fsp3) is 0.0541. The Hall–Kier alpha value is -6.35. The highest BCUT2D eigenvalue weighted by atomic mass is 32.1. The van der Waals surface area contributed by atoms with Crippen LogP contribution in [0.2, 0.25) is 0 Å². The van der Waals surface area contributed by atoms with Crippen molar-refractivity contribution in [1.29, 1.82) is 0 Å².